The van der Waals surface area contributed by atoms with Crippen LogP contribution in [-0.2, 0) is 23.0 Å². The number of imidazole rings is 1. The van der Waals surface area contributed by atoms with Crippen molar-refractivity contribution in [1.29, 1.82) is 0 Å². The van der Waals surface area contributed by atoms with Gasteiger partial charge in [-0.15, -0.1) is 11.3 Å². The first-order valence-electron chi connectivity index (χ1n) is 5.70. The topological polar surface area (TPSA) is 57.0 Å². The third-order valence-electron chi connectivity index (χ3n) is 2.55. The SMILES string of the molecule is CCOC(=O)Cc1nc(-c2cncn2C)sc1C. The molecule has 0 atom stereocenters. The molecule has 0 spiro atoms. The maximum absolute atomic E-state index is 11.5. The summed E-state index contributed by atoms with van der Waals surface area (Å²) in [6.07, 6.45) is 3.73. The van der Waals surface area contributed by atoms with Gasteiger partial charge in [-0.3, -0.25) is 4.79 Å². The molecular formula is C12H15N3O2S. The summed E-state index contributed by atoms with van der Waals surface area (Å²) in [6.45, 7) is 4.16. The highest BCUT2D eigenvalue weighted by molar-refractivity contribution is 7.15. The van der Waals surface area contributed by atoms with Gasteiger partial charge in [-0.1, -0.05) is 0 Å². The second-order valence-electron chi connectivity index (χ2n) is 3.89. The third kappa shape index (κ3) is 2.59. The lowest BCUT2D eigenvalue weighted by atomic mass is 10.3. The number of nitrogens with zero attached hydrogens (tertiary/aromatic N) is 3. The van der Waals surface area contributed by atoms with Crippen LogP contribution < -0.4 is 0 Å². The van der Waals surface area contributed by atoms with E-state index >= 15 is 0 Å². The average Bonchev–Trinajstić information content (AvgIpc) is 2.86. The first-order valence-corrected chi connectivity index (χ1v) is 6.52. The number of carbonyl (C=O) groups is 1. The molecule has 0 amide bonds. The van der Waals surface area contributed by atoms with Gasteiger partial charge in [0.15, 0.2) is 0 Å². The first kappa shape index (κ1) is 12.8. The van der Waals surface area contributed by atoms with Gasteiger partial charge in [0.05, 0.1) is 36.9 Å². The Labute approximate surface area is 109 Å². The molecule has 0 saturated heterocycles. The molecule has 0 N–H and O–H groups in total. The van der Waals surface area contributed by atoms with Crippen molar-refractivity contribution in [3.8, 4) is 10.7 Å². The average molecular weight is 265 g/mol. The van der Waals surface area contributed by atoms with Crippen LogP contribution in [0, 0.1) is 6.92 Å². The molecule has 96 valence electrons. The molecule has 2 heterocycles. The zero-order chi connectivity index (χ0) is 13.1. The van der Waals surface area contributed by atoms with E-state index in [1.807, 2.05) is 18.5 Å². The molecule has 0 aliphatic carbocycles. The fourth-order valence-electron chi connectivity index (χ4n) is 1.61. The van der Waals surface area contributed by atoms with Crippen LogP contribution in [0.2, 0.25) is 0 Å². The fourth-order valence-corrected chi connectivity index (χ4v) is 2.60. The number of carbonyl (C=O) groups excluding carboxylic acids is 1. The van der Waals surface area contributed by atoms with E-state index in [0.29, 0.717) is 6.61 Å². The summed E-state index contributed by atoms with van der Waals surface area (Å²) in [6, 6.07) is 0. The predicted octanol–water partition coefficient (Wildman–Crippen LogP) is 1.96. The molecule has 0 aromatic carbocycles. The normalized spacial score (nSPS) is 10.6. The van der Waals surface area contributed by atoms with Crippen molar-refractivity contribution in [2.45, 2.75) is 20.3 Å². The van der Waals surface area contributed by atoms with Crippen LogP contribution in [0.1, 0.15) is 17.5 Å². The Balaban J connectivity index is 2.22. The number of hydrogen-bond acceptors (Lipinski definition) is 5. The van der Waals surface area contributed by atoms with Crippen molar-refractivity contribution in [3.63, 3.8) is 0 Å². The highest BCUT2D eigenvalue weighted by Crippen LogP contribution is 2.27. The lowest BCUT2D eigenvalue weighted by molar-refractivity contribution is -0.142. The standard InChI is InChI=1S/C12H15N3O2S/c1-4-17-11(16)5-9-8(2)18-12(14-9)10-6-13-7-15(10)3/h6-7H,4-5H2,1-3H3. The third-order valence-corrected chi connectivity index (χ3v) is 3.58. The van der Waals surface area contributed by atoms with Gasteiger partial charge in [-0.25, -0.2) is 9.97 Å². The minimum absolute atomic E-state index is 0.230. The van der Waals surface area contributed by atoms with Crippen LogP contribution >= 0.6 is 11.3 Å². The number of aromatic nitrogens is 3. The van der Waals surface area contributed by atoms with Crippen molar-refractivity contribution in [3.05, 3.63) is 23.1 Å². The van der Waals surface area contributed by atoms with Crippen LogP contribution in [-0.4, -0.2) is 27.1 Å². The maximum Gasteiger partial charge on any atom is 0.311 e. The van der Waals surface area contributed by atoms with Gasteiger partial charge in [0.25, 0.3) is 0 Å². The van der Waals surface area contributed by atoms with Crippen molar-refractivity contribution in [2.24, 2.45) is 7.05 Å². The van der Waals surface area contributed by atoms with Gasteiger partial charge in [0.2, 0.25) is 0 Å². The van der Waals surface area contributed by atoms with E-state index in [4.69, 9.17) is 4.74 Å². The summed E-state index contributed by atoms with van der Waals surface area (Å²) in [4.78, 5) is 21.1. The lowest BCUT2D eigenvalue weighted by Crippen LogP contribution is -2.08. The second kappa shape index (κ2) is 5.30. The molecule has 6 heteroatoms. The van der Waals surface area contributed by atoms with Gasteiger partial charge in [0, 0.05) is 11.9 Å². The molecule has 18 heavy (non-hydrogen) atoms. The summed E-state index contributed by atoms with van der Waals surface area (Å²) >= 11 is 1.57. The summed E-state index contributed by atoms with van der Waals surface area (Å²) in [7, 11) is 1.92. The molecule has 0 radical (unpaired) electrons. The maximum atomic E-state index is 11.5. The molecule has 0 aliphatic rings. The van der Waals surface area contributed by atoms with E-state index in [1.54, 1.807) is 30.8 Å². The van der Waals surface area contributed by atoms with Gasteiger partial charge in [-0.2, -0.15) is 0 Å². The van der Waals surface area contributed by atoms with E-state index in [1.165, 1.54) is 0 Å². The van der Waals surface area contributed by atoms with Gasteiger partial charge < -0.3 is 9.30 Å². The summed E-state index contributed by atoms with van der Waals surface area (Å²) < 4.78 is 6.84. The molecule has 2 aromatic heterocycles. The number of ether oxygens (including phenoxy) is 1. The Morgan fingerprint density at radius 3 is 2.94 bits per heavy atom. The first-order chi connectivity index (χ1) is 8.61. The van der Waals surface area contributed by atoms with E-state index in [9.17, 15) is 4.79 Å². The van der Waals surface area contributed by atoms with Crippen molar-refractivity contribution in [2.75, 3.05) is 6.61 Å². The van der Waals surface area contributed by atoms with E-state index in [-0.39, 0.29) is 12.4 Å². The number of thiazole rings is 1. The molecule has 0 fully saturated rings. The molecule has 0 bridgehead atoms. The monoisotopic (exact) mass is 265 g/mol. The Kier molecular flexibility index (Phi) is 3.76. The van der Waals surface area contributed by atoms with E-state index < -0.39 is 0 Å². The number of esters is 1. The molecule has 0 aliphatic heterocycles. The molecule has 5 nitrogen and oxygen atoms in total. The highest BCUT2D eigenvalue weighted by Gasteiger charge is 2.15. The highest BCUT2D eigenvalue weighted by atomic mass is 32.1. The van der Waals surface area contributed by atoms with Gasteiger partial charge >= 0.3 is 5.97 Å². The molecule has 0 unspecified atom stereocenters. The summed E-state index contributed by atoms with van der Waals surface area (Å²) in [5.74, 6) is -0.234. The van der Waals surface area contributed by atoms with Crippen molar-refractivity contribution < 1.29 is 9.53 Å². The number of aryl methyl sites for hydroxylation is 2. The van der Waals surface area contributed by atoms with Crippen molar-refractivity contribution in [1.82, 2.24) is 14.5 Å². The summed E-state index contributed by atoms with van der Waals surface area (Å²) in [5, 5.41) is 0.881. The van der Waals surface area contributed by atoms with E-state index in [2.05, 4.69) is 9.97 Å². The smallest absolute Gasteiger partial charge is 0.311 e. The van der Waals surface area contributed by atoms with Crippen LogP contribution in [0.5, 0.6) is 0 Å². The fraction of sp³-hybridized carbons (Fsp3) is 0.417. The zero-order valence-corrected chi connectivity index (χ0v) is 11.5. The largest absolute Gasteiger partial charge is 0.466 e. The molecule has 0 saturated carbocycles. The summed E-state index contributed by atoms with van der Waals surface area (Å²) in [5.41, 5.74) is 1.74. The van der Waals surface area contributed by atoms with Gasteiger partial charge in [0.1, 0.15) is 5.01 Å². The van der Waals surface area contributed by atoms with E-state index in [0.717, 1.165) is 21.3 Å². The lowest BCUT2D eigenvalue weighted by Gasteiger charge is -1.99. The Hall–Kier alpha value is -1.69. The molecule has 2 rings (SSSR count). The second-order valence-corrected chi connectivity index (χ2v) is 5.10. The van der Waals surface area contributed by atoms with Crippen LogP contribution in [0.3, 0.4) is 0 Å². The number of hydrogen-bond donors (Lipinski definition) is 0. The zero-order valence-electron chi connectivity index (χ0n) is 10.6. The quantitative estimate of drug-likeness (QED) is 0.793. The van der Waals surface area contributed by atoms with Crippen LogP contribution in [0.25, 0.3) is 10.7 Å². The minimum atomic E-state index is -0.234. The number of rotatable bonds is 4. The Morgan fingerprint density at radius 2 is 2.33 bits per heavy atom. The Bertz CT molecular complexity index is 559. The minimum Gasteiger partial charge on any atom is -0.466 e. The van der Waals surface area contributed by atoms with Crippen LogP contribution in [0.4, 0.5) is 0 Å². The van der Waals surface area contributed by atoms with Crippen LogP contribution in [0.15, 0.2) is 12.5 Å². The Morgan fingerprint density at radius 1 is 1.56 bits per heavy atom. The predicted molar refractivity (Wildman–Crippen MR) is 69.4 cm³/mol. The van der Waals surface area contributed by atoms with Gasteiger partial charge in [-0.05, 0) is 13.8 Å². The molecular weight excluding hydrogens is 250 g/mol. The van der Waals surface area contributed by atoms with Crippen molar-refractivity contribution >= 4 is 17.3 Å². The molecule has 2 aromatic rings.